The molecule has 0 saturated carbocycles. The van der Waals surface area contributed by atoms with Crippen LogP contribution in [-0.2, 0) is 10.1 Å². The van der Waals surface area contributed by atoms with E-state index in [9.17, 15) is 39.3 Å². The van der Waals surface area contributed by atoms with Crippen molar-refractivity contribution in [2.45, 2.75) is 24.0 Å². The van der Waals surface area contributed by atoms with Crippen LogP contribution in [0.3, 0.4) is 0 Å². The minimum absolute atomic E-state index is 0.713. The molecule has 0 aromatic heterocycles. The lowest BCUT2D eigenvalue weighted by molar-refractivity contribution is -0.263. The molecule has 0 aromatic carbocycles. The fraction of sp³-hybridized carbons (Fsp3) is 1.00. The van der Waals surface area contributed by atoms with E-state index in [4.69, 9.17) is 0 Å². The highest BCUT2D eigenvalue weighted by Gasteiger charge is 2.72. The first-order chi connectivity index (χ1) is 5.75. The lowest BCUT2D eigenvalue weighted by Crippen LogP contribution is -2.59. The third kappa shape index (κ3) is 1.80. The zero-order chi connectivity index (χ0) is 12.0. The van der Waals surface area contributed by atoms with Gasteiger partial charge >= 0.3 is 12.4 Å². The molecule has 14 heavy (non-hydrogen) atoms. The van der Waals surface area contributed by atoms with Crippen molar-refractivity contribution in [2.75, 3.05) is 0 Å². The first kappa shape index (κ1) is 13.5. The molecule has 0 bridgehead atoms. The standard InChI is InChI=1S/C4H4F6O3S/c1-2(3(5,6)7,4(8,9)10)14(11,12)13/h1H3,(H,11,12,13)/p-1. The third-order valence-corrected chi connectivity index (χ3v) is 3.04. The highest BCUT2D eigenvalue weighted by molar-refractivity contribution is 7.87. The van der Waals surface area contributed by atoms with Gasteiger partial charge in [-0.15, -0.1) is 0 Å². The van der Waals surface area contributed by atoms with E-state index in [2.05, 4.69) is 0 Å². The maximum Gasteiger partial charge on any atom is 0.415 e. The first-order valence-electron chi connectivity index (χ1n) is 2.84. The van der Waals surface area contributed by atoms with Gasteiger partial charge in [-0.05, 0) is 6.92 Å². The second kappa shape index (κ2) is 2.99. The van der Waals surface area contributed by atoms with Crippen LogP contribution in [0.5, 0.6) is 0 Å². The summed E-state index contributed by atoms with van der Waals surface area (Å²) in [5.74, 6) is 0. The predicted molar refractivity (Wildman–Crippen MR) is 30.2 cm³/mol. The van der Waals surface area contributed by atoms with Crippen molar-refractivity contribution < 1.29 is 39.3 Å². The van der Waals surface area contributed by atoms with Gasteiger partial charge in [0.1, 0.15) is 10.1 Å². The third-order valence-electron chi connectivity index (χ3n) is 1.58. The van der Waals surface area contributed by atoms with Crippen LogP contribution in [0.2, 0.25) is 0 Å². The molecule has 0 aromatic rings. The number of halogens is 6. The molecule has 0 fully saturated rings. The molecule has 0 heterocycles. The molecule has 0 atom stereocenters. The zero-order valence-electron chi connectivity index (χ0n) is 6.40. The van der Waals surface area contributed by atoms with Gasteiger partial charge in [0.05, 0.1) is 0 Å². The lowest BCUT2D eigenvalue weighted by atomic mass is 10.1. The monoisotopic (exact) mass is 245 g/mol. The van der Waals surface area contributed by atoms with Gasteiger partial charge < -0.3 is 4.55 Å². The van der Waals surface area contributed by atoms with Gasteiger partial charge in [-0.1, -0.05) is 0 Å². The minimum atomic E-state index is -6.58. The summed E-state index contributed by atoms with van der Waals surface area (Å²) >= 11 is 0. The molecule has 10 heteroatoms. The van der Waals surface area contributed by atoms with Gasteiger partial charge in [0.2, 0.25) is 4.75 Å². The van der Waals surface area contributed by atoms with E-state index in [1.54, 1.807) is 0 Å². The van der Waals surface area contributed by atoms with Crippen molar-refractivity contribution >= 4 is 10.1 Å². The Balaban J connectivity index is 5.81. The Morgan fingerprint density at radius 2 is 1.14 bits per heavy atom. The Hall–Kier alpha value is -0.510. The fourth-order valence-corrected chi connectivity index (χ4v) is 1.01. The molecule has 0 N–H and O–H groups in total. The van der Waals surface area contributed by atoms with Crippen molar-refractivity contribution in [1.29, 1.82) is 0 Å². The maximum absolute atomic E-state index is 11.8. The smallest absolute Gasteiger partial charge is 0.415 e. The Morgan fingerprint density at radius 3 is 1.14 bits per heavy atom. The number of hydrogen-bond donors (Lipinski definition) is 0. The molecule has 0 amide bonds. The van der Waals surface area contributed by atoms with E-state index in [1.807, 2.05) is 0 Å². The van der Waals surface area contributed by atoms with Gasteiger partial charge in [-0.3, -0.25) is 0 Å². The van der Waals surface area contributed by atoms with Crippen LogP contribution in [-0.4, -0.2) is 30.1 Å². The Morgan fingerprint density at radius 1 is 0.929 bits per heavy atom. The molecule has 0 rings (SSSR count). The zero-order valence-corrected chi connectivity index (χ0v) is 7.22. The van der Waals surface area contributed by atoms with Crippen LogP contribution in [0.25, 0.3) is 0 Å². The first-order valence-corrected chi connectivity index (χ1v) is 4.25. The molecular weight excluding hydrogens is 242 g/mol. The minimum Gasteiger partial charge on any atom is -0.747 e. The van der Waals surface area contributed by atoms with Crippen molar-refractivity contribution in [3.8, 4) is 0 Å². The van der Waals surface area contributed by atoms with Crippen molar-refractivity contribution in [2.24, 2.45) is 0 Å². The summed E-state index contributed by atoms with van der Waals surface area (Å²) in [7, 11) is -6.58. The summed E-state index contributed by atoms with van der Waals surface area (Å²) in [6, 6.07) is 0. The lowest BCUT2D eigenvalue weighted by Gasteiger charge is -2.35. The van der Waals surface area contributed by atoms with Crippen LogP contribution in [0.1, 0.15) is 6.92 Å². The van der Waals surface area contributed by atoms with E-state index < -0.39 is 34.1 Å². The second-order valence-corrected chi connectivity index (χ2v) is 4.21. The van der Waals surface area contributed by atoms with Crippen LogP contribution < -0.4 is 0 Å². The van der Waals surface area contributed by atoms with Gasteiger partial charge in [0.25, 0.3) is 0 Å². The Bertz CT molecular complexity index is 297. The highest BCUT2D eigenvalue weighted by atomic mass is 32.2. The van der Waals surface area contributed by atoms with Crippen LogP contribution in [0, 0.1) is 0 Å². The van der Waals surface area contributed by atoms with Gasteiger partial charge in [0, 0.05) is 0 Å². The van der Waals surface area contributed by atoms with Gasteiger partial charge in [-0.2, -0.15) is 26.3 Å². The van der Waals surface area contributed by atoms with Gasteiger partial charge in [0.15, 0.2) is 0 Å². The van der Waals surface area contributed by atoms with E-state index in [0.29, 0.717) is 0 Å². The van der Waals surface area contributed by atoms with Crippen molar-refractivity contribution in [3.63, 3.8) is 0 Å². The number of alkyl halides is 6. The molecule has 0 aliphatic rings. The fourth-order valence-electron chi connectivity index (χ4n) is 0.444. The maximum atomic E-state index is 11.8. The molecule has 0 unspecified atom stereocenters. The van der Waals surface area contributed by atoms with Crippen molar-refractivity contribution in [1.82, 2.24) is 0 Å². The predicted octanol–water partition coefficient (Wildman–Crippen LogP) is 1.41. The molecule has 3 nitrogen and oxygen atoms in total. The Labute approximate surface area is 74.5 Å². The molecule has 0 aliphatic carbocycles. The second-order valence-electron chi connectivity index (χ2n) is 2.48. The topological polar surface area (TPSA) is 57.2 Å². The molecule has 0 spiro atoms. The molecule has 0 saturated heterocycles. The van der Waals surface area contributed by atoms with E-state index >= 15 is 0 Å². The quantitative estimate of drug-likeness (QED) is 0.518. The van der Waals surface area contributed by atoms with E-state index in [1.165, 1.54) is 0 Å². The summed E-state index contributed by atoms with van der Waals surface area (Å²) in [6.07, 6.45) is -12.4. The van der Waals surface area contributed by atoms with E-state index in [0.717, 1.165) is 0 Å². The van der Waals surface area contributed by atoms with Crippen molar-refractivity contribution in [3.05, 3.63) is 0 Å². The van der Waals surface area contributed by atoms with E-state index in [-0.39, 0.29) is 0 Å². The number of rotatable bonds is 1. The normalized spacial score (nSPS) is 15.7. The summed E-state index contributed by atoms with van der Waals surface area (Å²) in [4.78, 5) is 0. The largest absolute Gasteiger partial charge is 0.747 e. The average molecular weight is 245 g/mol. The number of hydrogen-bond acceptors (Lipinski definition) is 3. The summed E-state index contributed by atoms with van der Waals surface area (Å²) in [6.45, 7) is -0.713. The summed E-state index contributed by atoms with van der Waals surface area (Å²) in [5.41, 5.74) is 0. The molecular formula is C4H3F6O3S-. The molecule has 0 aliphatic heterocycles. The van der Waals surface area contributed by atoms with Crippen LogP contribution in [0.15, 0.2) is 0 Å². The SMILES string of the molecule is CC(C(F)(F)F)(C(F)(F)F)S(=O)(=O)[O-]. The summed E-state index contributed by atoms with van der Waals surface area (Å²) < 4.78 is 95.4. The van der Waals surface area contributed by atoms with Crippen LogP contribution >= 0.6 is 0 Å². The Kier molecular flexibility index (Phi) is 2.88. The summed E-state index contributed by atoms with van der Waals surface area (Å²) in [5, 5.41) is 0. The molecule has 0 radical (unpaired) electrons. The van der Waals surface area contributed by atoms with Crippen LogP contribution in [0.4, 0.5) is 26.3 Å². The molecule has 86 valence electrons. The van der Waals surface area contributed by atoms with Gasteiger partial charge in [-0.25, -0.2) is 8.42 Å². The highest BCUT2D eigenvalue weighted by Crippen LogP contribution is 2.47. The average Bonchev–Trinajstić information content (AvgIpc) is 1.77.